The summed E-state index contributed by atoms with van der Waals surface area (Å²) in [4.78, 5) is 16.9. The molecule has 164 valence electrons. The van der Waals surface area contributed by atoms with Crippen LogP contribution in [0, 0.1) is 0 Å². The van der Waals surface area contributed by atoms with Crippen LogP contribution in [0.1, 0.15) is 4.88 Å². The first kappa shape index (κ1) is 22.2. The smallest absolute Gasteiger partial charge is 0.264 e. The number of benzene rings is 2. The Labute approximate surface area is 198 Å². The largest absolute Gasteiger partial charge is 0.380 e. The van der Waals surface area contributed by atoms with Gasteiger partial charge in [0.15, 0.2) is 4.47 Å². The number of aromatic nitrogens is 4. The summed E-state index contributed by atoms with van der Waals surface area (Å²) in [7, 11) is -3.98. The molecule has 9 nitrogen and oxygen atoms in total. The van der Waals surface area contributed by atoms with Gasteiger partial charge < -0.3 is 10.6 Å². The van der Waals surface area contributed by atoms with Crippen molar-refractivity contribution < 1.29 is 8.42 Å². The lowest BCUT2D eigenvalue weighted by atomic mass is 10.3. The highest BCUT2D eigenvalue weighted by Gasteiger charge is 2.18. The molecule has 3 N–H and O–H groups in total. The van der Waals surface area contributed by atoms with E-state index < -0.39 is 10.0 Å². The highest BCUT2D eigenvalue weighted by Crippen LogP contribution is 2.22. The van der Waals surface area contributed by atoms with Gasteiger partial charge in [0, 0.05) is 22.4 Å². The average Bonchev–Trinajstić information content (AvgIpc) is 3.18. The van der Waals surface area contributed by atoms with E-state index in [4.69, 9.17) is 23.2 Å². The third kappa shape index (κ3) is 5.82. The molecule has 2 aromatic carbocycles. The summed E-state index contributed by atoms with van der Waals surface area (Å²) in [6.45, 7) is 0.457. The minimum Gasteiger partial charge on any atom is -0.380 e. The van der Waals surface area contributed by atoms with E-state index in [1.807, 2.05) is 18.2 Å². The van der Waals surface area contributed by atoms with Gasteiger partial charge in [0.2, 0.25) is 17.2 Å². The van der Waals surface area contributed by atoms with Crippen molar-refractivity contribution >= 4 is 67.8 Å². The summed E-state index contributed by atoms with van der Waals surface area (Å²) < 4.78 is 28.6. The Balaban J connectivity index is 1.50. The molecular formula is C19H15Cl2N7O2S2. The van der Waals surface area contributed by atoms with Gasteiger partial charge in [-0.25, -0.2) is 18.1 Å². The van der Waals surface area contributed by atoms with Crippen molar-refractivity contribution in [3.63, 3.8) is 0 Å². The molecule has 0 aliphatic rings. The van der Waals surface area contributed by atoms with Gasteiger partial charge in [-0.15, -0.1) is 11.3 Å². The van der Waals surface area contributed by atoms with E-state index in [-0.39, 0.29) is 22.1 Å². The number of hydrogen-bond acceptors (Lipinski definition) is 9. The Kier molecular flexibility index (Phi) is 6.70. The van der Waals surface area contributed by atoms with E-state index in [1.165, 1.54) is 23.5 Å². The van der Waals surface area contributed by atoms with E-state index in [2.05, 4.69) is 35.3 Å². The number of anilines is 4. The summed E-state index contributed by atoms with van der Waals surface area (Å²) in [5.41, 5.74) is 1.32. The maximum Gasteiger partial charge on any atom is 0.264 e. The number of nitrogens with one attached hydrogen (secondary N) is 3. The first-order valence-corrected chi connectivity index (χ1v) is 12.1. The van der Waals surface area contributed by atoms with Crippen LogP contribution in [0.2, 0.25) is 9.75 Å². The Bertz CT molecular complexity index is 1330. The fraction of sp³-hybridized carbons (Fsp3) is 0.0526. The van der Waals surface area contributed by atoms with E-state index >= 15 is 0 Å². The van der Waals surface area contributed by atoms with Gasteiger partial charge in [-0.05, 0) is 41.9 Å². The zero-order chi connectivity index (χ0) is 22.6. The minimum atomic E-state index is -3.98. The van der Waals surface area contributed by atoms with Crippen LogP contribution in [-0.4, -0.2) is 28.4 Å². The van der Waals surface area contributed by atoms with Gasteiger partial charge in [0.1, 0.15) is 0 Å². The van der Waals surface area contributed by atoms with Crippen LogP contribution in [0.3, 0.4) is 0 Å². The molecule has 0 unspecified atom stereocenters. The Morgan fingerprint density at radius 1 is 0.906 bits per heavy atom. The molecule has 0 fully saturated rings. The summed E-state index contributed by atoms with van der Waals surface area (Å²) in [5.74, 6) is -0.103. The summed E-state index contributed by atoms with van der Waals surface area (Å²) in [6.07, 6.45) is 1.66. The molecule has 13 heteroatoms. The lowest BCUT2D eigenvalue weighted by Gasteiger charge is -2.11. The molecule has 0 radical (unpaired) electrons. The number of sulfonamides is 1. The second kappa shape index (κ2) is 9.65. The van der Waals surface area contributed by atoms with Gasteiger partial charge in [-0.3, -0.25) is 0 Å². The van der Waals surface area contributed by atoms with Crippen LogP contribution in [0.15, 0.2) is 65.7 Å². The molecule has 0 amide bonds. The number of thiazole rings is 1. The molecule has 2 heterocycles. The van der Waals surface area contributed by atoms with Gasteiger partial charge in [0.05, 0.1) is 11.4 Å². The van der Waals surface area contributed by atoms with Crippen molar-refractivity contribution in [2.24, 2.45) is 0 Å². The molecular weight excluding hydrogens is 493 g/mol. The number of halogens is 2. The lowest BCUT2D eigenvalue weighted by Crippen LogP contribution is -2.16. The normalized spacial score (nSPS) is 11.2. The molecule has 0 aliphatic carbocycles. The quantitative estimate of drug-likeness (QED) is 0.311. The van der Waals surface area contributed by atoms with Crippen LogP contribution in [0.5, 0.6) is 0 Å². The first-order valence-electron chi connectivity index (χ1n) is 9.08. The van der Waals surface area contributed by atoms with Crippen molar-refractivity contribution in [1.82, 2.24) is 19.9 Å². The van der Waals surface area contributed by atoms with Gasteiger partial charge in [-0.2, -0.15) is 15.0 Å². The monoisotopic (exact) mass is 507 g/mol. The second-order valence-electron chi connectivity index (χ2n) is 6.31. The fourth-order valence-electron chi connectivity index (χ4n) is 2.61. The van der Waals surface area contributed by atoms with Crippen molar-refractivity contribution in [2.75, 3.05) is 15.4 Å². The fourth-order valence-corrected chi connectivity index (χ4v) is 4.68. The number of hydrogen-bond donors (Lipinski definition) is 3. The molecule has 32 heavy (non-hydrogen) atoms. The van der Waals surface area contributed by atoms with Crippen LogP contribution >= 0.6 is 34.5 Å². The van der Waals surface area contributed by atoms with Crippen molar-refractivity contribution in [1.29, 1.82) is 0 Å². The van der Waals surface area contributed by atoms with Crippen molar-refractivity contribution in [3.05, 3.63) is 75.4 Å². The van der Waals surface area contributed by atoms with E-state index in [0.29, 0.717) is 22.4 Å². The summed E-state index contributed by atoms with van der Waals surface area (Å²) in [5, 5.41) is 5.93. The second-order valence-corrected chi connectivity index (χ2v) is 10.0. The molecule has 4 rings (SSSR count). The van der Waals surface area contributed by atoms with Crippen molar-refractivity contribution in [3.8, 4) is 0 Å². The highest BCUT2D eigenvalue weighted by atomic mass is 35.5. The average molecular weight is 508 g/mol. The van der Waals surface area contributed by atoms with Crippen LogP contribution < -0.4 is 15.4 Å². The van der Waals surface area contributed by atoms with E-state index in [0.717, 1.165) is 4.88 Å². The standard InChI is InChI=1S/C19H15Cl2N7O2S2/c20-16-25-18(24-12-5-2-1-3-6-12)27-19(26-16)28-32(29,30)15-8-4-7-13(9-15)22-10-14-11-23-17(21)31-14/h1-9,11,22H,10H2,(H2,24,25,26,27,28). The third-order valence-electron chi connectivity index (χ3n) is 4.00. The molecule has 2 aromatic heterocycles. The highest BCUT2D eigenvalue weighted by molar-refractivity contribution is 7.92. The molecule has 0 saturated heterocycles. The number of nitrogens with zero attached hydrogens (tertiary/aromatic N) is 4. The lowest BCUT2D eigenvalue weighted by molar-refractivity contribution is 0.601. The summed E-state index contributed by atoms with van der Waals surface area (Å²) in [6, 6.07) is 15.5. The number of rotatable bonds is 8. The Hall–Kier alpha value is -2.99. The van der Waals surface area contributed by atoms with Gasteiger partial charge in [-0.1, -0.05) is 35.9 Å². The maximum absolute atomic E-state index is 12.9. The Morgan fingerprint density at radius 2 is 1.66 bits per heavy atom. The van der Waals surface area contributed by atoms with Gasteiger partial charge in [0.25, 0.3) is 10.0 Å². The van der Waals surface area contributed by atoms with Crippen molar-refractivity contribution in [2.45, 2.75) is 11.4 Å². The Morgan fingerprint density at radius 3 is 2.41 bits per heavy atom. The van der Waals surface area contributed by atoms with Crippen LogP contribution in [0.25, 0.3) is 0 Å². The topological polar surface area (TPSA) is 122 Å². The first-order chi connectivity index (χ1) is 15.4. The maximum atomic E-state index is 12.9. The number of para-hydroxylation sites is 1. The third-order valence-corrected chi connectivity index (χ3v) is 6.61. The SMILES string of the molecule is O=S(=O)(Nc1nc(Cl)nc(Nc2ccccc2)n1)c1cccc(NCc2cnc(Cl)s2)c1. The van der Waals surface area contributed by atoms with Crippen LogP contribution in [-0.2, 0) is 16.6 Å². The summed E-state index contributed by atoms with van der Waals surface area (Å²) >= 11 is 13.1. The van der Waals surface area contributed by atoms with E-state index in [9.17, 15) is 8.42 Å². The molecule has 0 aliphatic heterocycles. The minimum absolute atomic E-state index is 0.0268. The predicted molar refractivity (Wildman–Crippen MR) is 126 cm³/mol. The zero-order valence-electron chi connectivity index (χ0n) is 16.2. The predicted octanol–water partition coefficient (Wildman–Crippen LogP) is 4.79. The molecule has 0 atom stereocenters. The molecule has 0 saturated carbocycles. The molecule has 0 spiro atoms. The molecule has 4 aromatic rings. The van der Waals surface area contributed by atoms with Crippen LogP contribution in [0.4, 0.5) is 23.3 Å². The van der Waals surface area contributed by atoms with E-state index in [1.54, 1.807) is 30.5 Å². The van der Waals surface area contributed by atoms with Gasteiger partial charge >= 0.3 is 0 Å². The zero-order valence-corrected chi connectivity index (χ0v) is 19.3. The molecule has 0 bridgehead atoms.